The number of pyridine rings is 1. The van der Waals surface area contributed by atoms with Crippen LogP contribution >= 0.6 is 23.4 Å². The smallest absolute Gasteiger partial charge is 0.411 e. The molecule has 2 N–H and O–H groups in total. The summed E-state index contributed by atoms with van der Waals surface area (Å²) in [5.41, 5.74) is 2.67. The molecule has 0 spiro atoms. The van der Waals surface area contributed by atoms with Crippen molar-refractivity contribution in [3.05, 3.63) is 70.2 Å². The number of amidine groups is 1. The van der Waals surface area contributed by atoms with Crippen molar-refractivity contribution < 1.29 is 14.3 Å². The van der Waals surface area contributed by atoms with E-state index in [9.17, 15) is 9.59 Å². The van der Waals surface area contributed by atoms with Gasteiger partial charge in [0.2, 0.25) is 0 Å². The molecule has 2 aromatic carbocycles. The van der Waals surface area contributed by atoms with Crippen molar-refractivity contribution in [3.63, 3.8) is 0 Å². The number of aliphatic imine (C=N–C) groups is 1. The lowest BCUT2D eigenvalue weighted by Gasteiger charge is -2.07. The molecule has 3 aromatic rings. The van der Waals surface area contributed by atoms with E-state index in [2.05, 4.69) is 20.6 Å². The van der Waals surface area contributed by atoms with Gasteiger partial charge in [0.1, 0.15) is 0 Å². The Bertz CT molecular complexity index is 1240. The Hall–Kier alpha value is -3.36. The van der Waals surface area contributed by atoms with Crippen molar-refractivity contribution in [1.29, 1.82) is 0 Å². The fourth-order valence-electron chi connectivity index (χ4n) is 2.89. The predicted molar refractivity (Wildman–Crippen MR) is 125 cm³/mol. The number of nitrogens with zero attached hydrogens (tertiary/aromatic N) is 2. The van der Waals surface area contributed by atoms with Crippen molar-refractivity contribution in [2.75, 3.05) is 11.9 Å². The second-order valence-corrected chi connectivity index (χ2v) is 7.89. The molecule has 2 amide bonds. The van der Waals surface area contributed by atoms with E-state index in [0.29, 0.717) is 26.5 Å². The number of aromatic nitrogens is 1. The average Bonchev–Trinajstić information content (AvgIpc) is 3.09. The van der Waals surface area contributed by atoms with Gasteiger partial charge >= 0.3 is 6.09 Å². The van der Waals surface area contributed by atoms with E-state index in [4.69, 9.17) is 16.3 Å². The predicted octanol–water partition coefficient (Wildman–Crippen LogP) is 5.35. The largest absolute Gasteiger partial charge is 0.450 e. The van der Waals surface area contributed by atoms with E-state index in [1.165, 1.54) is 11.8 Å². The number of thioether (sulfide) groups is 1. The van der Waals surface area contributed by atoms with Crippen LogP contribution in [0.1, 0.15) is 12.5 Å². The van der Waals surface area contributed by atoms with Crippen LogP contribution in [0.4, 0.5) is 16.2 Å². The summed E-state index contributed by atoms with van der Waals surface area (Å²) in [6.07, 6.45) is 2.98. The molecule has 0 saturated carbocycles. The van der Waals surface area contributed by atoms with E-state index in [1.807, 2.05) is 30.3 Å². The number of carbonyl (C=O) groups is 2. The summed E-state index contributed by atoms with van der Waals surface area (Å²) in [5.74, 6) is -0.244. The minimum absolute atomic E-state index is 0.244. The van der Waals surface area contributed by atoms with Gasteiger partial charge in [-0.2, -0.15) is 0 Å². The highest BCUT2D eigenvalue weighted by Crippen LogP contribution is 2.33. The SMILES string of the molecule is CCOC(=O)Nc1ccc(Cl)c(N=C2NC(=O)/C(=C/c3ccc4ncccc4c3)S2)c1. The maximum atomic E-state index is 12.4. The van der Waals surface area contributed by atoms with Gasteiger partial charge in [-0.15, -0.1) is 0 Å². The van der Waals surface area contributed by atoms with Gasteiger partial charge in [-0.05, 0) is 66.7 Å². The lowest BCUT2D eigenvalue weighted by molar-refractivity contribution is -0.115. The summed E-state index contributed by atoms with van der Waals surface area (Å²) in [4.78, 5) is 33.3. The fraction of sp³-hybridized carbons (Fsp3) is 0.0909. The van der Waals surface area contributed by atoms with Gasteiger partial charge in [-0.3, -0.25) is 15.1 Å². The van der Waals surface area contributed by atoms with Crippen LogP contribution in [-0.4, -0.2) is 28.8 Å². The van der Waals surface area contributed by atoms with E-state index < -0.39 is 6.09 Å². The number of ether oxygens (including phenoxy) is 1. The Balaban J connectivity index is 1.55. The molecule has 156 valence electrons. The molecule has 1 aromatic heterocycles. The number of rotatable bonds is 4. The van der Waals surface area contributed by atoms with Crippen molar-refractivity contribution in [2.45, 2.75) is 6.92 Å². The Kier molecular flexibility index (Phi) is 6.20. The third-order valence-corrected chi connectivity index (χ3v) is 5.50. The molecule has 7 nitrogen and oxygen atoms in total. The number of carbonyl (C=O) groups excluding carboxylic acids is 2. The normalized spacial score (nSPS) is 16.0. The molecule has 1 saturated heterocycles. The zero-order chi connectivity index (χ0) is 21.8. The molecule has 0 aliphatic carbocycles. The topological polar surface area (TPSA) is 92.7 Å². The maximum absolute atomic E-state index is 12.4. The molecule has 4 rings (SSSR count). The average molecular weight is 453 g/mol. The van der Waals surface area contributed by atoms with Crippen molar-refractivity contribution in [3.8, 4) is 0 Å². The van der Waals surface area contributed by atoms with Gasteiger partial charge in [0.25, 0.3) is 5.91 Å². The first-order valence-electron chi connectivity index (χ1n) is 9.39. The second-order valence-electron chi connectivity index (χ2n) is 6.45. The maximum Gasteiger partial charge on any atom is 0.411 e. The molecule has 1 aliphatic heterocycles. The molecule has 0 unspecified atom stereocenters. The summed E-state index contributed by atoms with van der Waals surface area (Å²) in [7, 11) is 0. The van der Waals surface area contributed by atoms with E-state index >= 15 is 0 Å². The molecular weight excluding hydrogens is 436 g/mol. The molecule has 2 heterocycles. The van der Waals surface area contributed by atoms with Crippen LogP contribution in [0.25, 0.3) is 17.0 Å². The molecule has 1 aliphatic rings. The van der Waals surface area contributed by atoms with Gasteiger partial charge in [-0.1, -0.05) is 23.7 Å². The lowest BCUT2D eigenvalue weighted by Crippen LogP contribution is -2.19. The Morgan fingerprint density at radius 3 is 3.00 bits per heavy atom. The molecule has 31 heavy (non-hydrogen) atoms. The molecule has 0 atom stereocenters. The second kappa shape index (κ2) is 9.20. The number of halogens is 1. The van der Waals surface area contributed by atoms with E-state index in [1.54, 1.807) is 37.4 Å². The number of amides is 2. The van der Waals surface area contributed by atoms with Crippen LogP contribution in [0.15, 0.2) is 64.6 Å². The molecule has 0 radical (unpaired) electrons. The first-order valence-corrected chi connectivity index (χ1v) is 10.6. The van der Waals surface area contributed by atoms with Gasteiger partial charge in [0.05, 0.1) is 27.7 Å². The zero-order valence-corrected chi connectivity index (χ0v) is 18.0. The third kappa shape index (κ3) is 5.04. The Morgan fingerprint density at radius 1 is 1.29 bits per heavy atom. The summed E-state index contributed by atoms with van der Waals surface area (Å²) in [5, 5.41) is 7.12. The summed E-state index contributed by atoms with van der Waals surface area (Å²) in [6, 6.07) is 14.5. The Labute approximate surface area is 187 Å². The molecular formula is C22H17ClN4O3S. The summed E-state index contributed by atoms with van der Waals surface area (Å²) < 4.78 is 4.87. The summed E-state index contributed by atoms with van der Waals surface area (Å²) >= 11 is 7.45. The number of nitrogens with one attached hydrogen (secondary N) is 2. The first kappa shape index (κ1) is 20.9. The monoisotopic (exact) mass is 452 g/mol. The third-order valence-electron chi connectivity index (χ3n) is 4.27. The molecule has 1 fully saturated rings. The standard InChI is InChI=1S/C22H17ClN4O3S/c1-2-30-22(29)25-15-6-7-16(23)18(12-15)26-21-27-20(28)19(31-21)11-13-5-8-17-14(10-13)4-3-9-24-17/h3-12H,2H2,1H3,(H,25,29)(H,26,27,28)/b19-11-. The zero-order valence-electron chi connectivity index (χ0n) is 16.4. The number of fused-ring (bicyclic) bond motifs is 1. The number of benzene rings is 2. The number of hydrogen-bond donors (Lipinski definition) is 2. The van der Waals surface area contributed by atoms with Crippen molar-refractivity contribution in [1.82, 2.24) is 10.3 Å². The van der Waals surface area contributed by atoms with Crippen molar-refractivity contribution >= 4 is 68.9 Å². The van der Waals surface area contributed by atoms with E-state index in [-0.39, 0.29) is 12.5 Å². The van der Waals surface area contributed by atoms with Crippen molar-refractivity contribution in [2.24, 2.45) is 4.99 Å². The highest BCUT2D eigenvalue weighted by molar-refractivity contribution is 8.18. The number of anilines is 1. The first-order chi connectivity index (χ1) is 15.0. The number of hydrogen-bond acceptors (Lipinski definition) is 6. The minimum Gasteiger partial charge on any atom is -0.450 e. The van der Waals surface area contributed by atoms with Gasteiger partial charge in [-0.25, -0.2) is 9.79 Å². The van der Waals surface area contributed by atoms with Crippen LogP contribution < -0.4 is 10.6 Å². The van der Waals surface area contributed by atoms with Crippen LogP contribution in [0.3, 0.4) is 0 Å². The highest BCUT2D eigenvalue weighted by Gasteiger charge is 2.24. The van der Waals surface area contributed by atoms with Crippen LogP contribution in [0.5, 0.6) is 0 Å². The van der Waals surface area contributed by atoms with Crippen LogP contribution in [0, 0.1) is 0 Å². The lowest BCUT2D eigenvalue weighted by atomic mass is 10.1. The fourth-order valence-corrected chi connectivity index (χ4v) is 3.88. The van der Waals surface area contributed by atoms with Gasteiger partial charge < -0.3 is 10.1 Å². The van der Waals surface area contributed by atoms with Crippen LogP contribution in [0.2, 0.25) is 5.02 Å². The summed E-state index contributed by atoms with van der Waals surface area (Å²) in [6.45, 7) is 1.98. The van der Waals surface area contributed by atoms with E-state index in [0.717, 1.165) is 16.5 Å². The van der Waals surface area contributed by atoms with Crippen LogP contribution in [-0.2, 0) is 9.53 Å². The minimum atomic E-state index is -0.567. The van der Waals surface area contributed by atoms with Gasteiger partial charge in [0.15, 0.2) is 5.17 Å². The van der Waals surface area contributed by atoms with Gasteiger partial charge in [0, 0.05) is 17.3 Å². The Morgan fingerprint density at radius 2 is 2.16 bits per heavy atom. The molecule has 9 heteroatoms. The quantitative estimate of drug-likeness (QED) is 0.520. The highest BCUT2D eigenvalue weighted by atomic mass is 35.5. The molecule has 0 bridgehead atoms.